The molecule has 0 aliphatic carbocycles. The lowest BCUT2D eigenvalue weighted by atomic mass is 9.93. The van der Waals surface area contributed by atoms with E-state index in [4.69, 9.17) is 24.5 Å². The van der Waals surface area contributed by atoms with Crippen molar-refractivity contribution in [3.8, 4) is 22.1 Å². The Hall–Kier alpha value is -3.66. The summed E-state index contributed by atoms with van der Waals surface area (Å²) in [6.07, 6.45) is 3.30. The fourth-order valence-corrected chi connectivity index (χ4v) is 5.60. The Morgan fingerprint density at radius 2 is 1.94 bits per heavy atom. The largest absolute Gasteiger partial charge is 0.497 e. The summed E-state index contributed by atoms with van der Waals surface area (Å²) in [5.41, 5.74) is 4.62. The zero-order valence-corrected chi connectivity index (χ0v) is 21.4. The number of nitrogens with zero attached hydrogens (tertiary/aromatic N) is 5. The number of ether oxygens (including phenoxy) is 2. The standard InChI is InChI=1S/C26H29N5O4S/c1-4-23-28-16(2)24(36-23)20-14-27-31-21(18-9-11-30(12-10-18)26(32)33)13-22(29-25(20)31)35-15-17-5-7-19(34-3)8-6-17/h5-8,13-14,18H,4,9-12,15H2,1-3H3,(H,32,33). The third-order valence-corrected chi connectivity index (χ3v) is 7.93. The van der Waals surface area contributed by atoms with E-state index in [1.165, 1.54) is 4.90 Å². The van der Waals surface area contributed by atoms with Gasteiger partial charge in [0, 0.05) is 25.1 Å². The highest BCUT2D eigenvalue weighted by Crippen LogP contribution is 2.36. The molecule has 0 bridgehead atoms. The molecule has 1 aliphatic rings. The molecule has 4 aromatic rings. The number of carbonyl (C=O) groups is 1. The van der Waals surface area contributed by atoms with E-state index in [9.17, 15) is 9.90 Å². The van der Waals surface area contributed by atoms with Crippen LogP contribution >= 0.6 is 11.3 Å². The van der Waals surface area contributed by atoms with Crippen molar-refractivity contribution in [2.45, 2.75) is 45.6 Å². The molecule has 0 saturated carbocycles. The minimum absolute atomic E-state index is 0.149. The predicted octanol–water partition coefficient (Wildman–Crippen LogP) is 5.17. The normalized spacial score (nSPS) is 14.4. The number of carboxylic acid groups (broad SMARTS) is 1. The van der Waals surface area contributed by atoms with Crippen molar-refractivity contribution < 1.29 is 19.4 Å². The van der Waals surface area contributed by atoms with Crippen LogP contribution < -0.4 is 9.47 Å². The van der Waals surface area contributed by atoms with Gasteiger partial charge < -0.3 is 19.5 Å². The third-order valence-electron chi connectivity index (χ3n) is 6.59. The summed E-state index contributed by atoms with van der Waals surface area (Å²) in [5, 5.41) is 15.2. The maximum atomic E-state index is 11.4. The Labute approximate surface area is 213 Å². The second kappa shape index (κ2) is 10.1. The average Bonchev–Trinajstić information content (AvgIpc) is 3.50. The van der Waals surface area contributed by atoms with Gasteiger partial charge in [-0.2, -0.15) is 10.1 Å². The first-order chi connectivity index (χ1) is 17.5. The van der Waals surface area contributed by atoms with Crippen LogP contribution in [0.5, 0.6) is 11.6 Å². The van der Waals surface area contributed by atoms with Crippen LogP contribution in [0, 0.1) is 6.92 Å². The Balaban J connectivity index is 1.51. The average molecular weight is 508 g/mol. The van der Waals surface area contributed by atoms with Crippen molar-refractivity contribution >= 4 is 23.1 Å². The van der Waals surface area contributed by atoms with Crippen molar-refractivity contribution in [3.63, 3.8) is 0 Å². The van der Waals surface area contributed by atoms with Crippen LogP contribution in [-0.2, 0) is 13.0 Å². The van der Waals surface area contributed by atoms with E-state index in [0.717, 1.165) is 63.1 Å². The second-order valence-corrected chi connectivity index (χ2v) is 9.95. The number of thiazole rings is 1. The number of fused-ring (bicyclic) bond motifs is 1. The van der Waals surface area contributed by atoms with Gasteiger partial charge in [-0.3, -0.25) is 0 Å². The van der Waals surface area contributed by atoms with Crippen molar-refractivity contribution in [2.75, 3.05) is 20.2 Å². The number of likely N-dealkylation sites (tertiary alicyclic amines) is 1. The Morgan fingerprint density at radius 3 is 2.58 bits per heavy atom. The summed E-state index contributed by atoms with van der Waals surface area (Å²) in [6.45, 7) is 5.47. The maximum absolute atomic E-state index is 11.4. The van der Waals surface area contributed by atoms with Gasteiger partial charge in [0.1, 0.15) is 12.4 Å². The summed E-state index contributed by atoms with van der Waals surface area (Å²) >= 11 is 1.67. The Kier molecular flexibility index (Phi) is 6.77. The van der Waals surface area contributed by atoms with Crippen LogP contribution in [0.2, 0.25) is 0 Å². The van der Waals surface area contributed by atoms with E-state index >= 15 is 0 Å². The number of hydrogen-bond acceptors (Lipinski definition) is 7. The molecule has 0 spiro atoms. The molecule has 1 aliphatic heterocycles. The molecule has 0 radical (unpaired) electrons. The minimum Gasteiger partial charge on any atom is -0.497 e. The van der Waals surface area contributed by atoms with Crippen molar-refractivity contribution in [3.05, 3.63) is 58.5 Å². The second-order valence-electron chi connectivity index (χ2n) is 8.87. The first kappa shape index (κ1) is 24.1. The summed E-state index contributed by atoms with van der Waals surface area (Å²) in [7, 11) is 1.64. The highest BCUT2D eigenvalue weighted by Gasteiger charge is 2.27. The third kappa shape index (κ3) is 4.73. The van der Waals surface area contributed by atoms with Crippen molar-refractivity contribution in [1.82, 2.24) is 24.5 Å². The van der Waals surface area contributed by atoms with Gasteiger partial charge in [-0.25, -0.2) is 14.3 Å². The summed E-state index contributed by atoms with van der Waals surface area (Å²) in [6, 6.07) is 9.70. The molecule has 0 atom stereocenters. The molecular weight excluding hydrogens is 478 g/mol. The quantitative estimate of drug-likeness (QED) is 0.368. The lowest BCUT2D eigenvalue weighted by Gasteiger charge is -2.30. The van der Waals surface area contributed by atoms with Crippen LogP contribution in [0.25, 0.3) is 16.1 Å². The molecule has 188 valence electrons. The SMILES string of the molecule is CCc1nc(C)c(-c2cnn3c(C4CCN(C(=O)O)CC4)cc(OCc4ccc(OC)cc4)nc23)s1. The molecular formula is C26H29N5O4S. The number of rotatable bonds is 7. The molecule has 1 fully saturated rings. The Morgan fingerprint density at radius 1 is 1.19 bits per heavy atom. The number of amides is 1. The first-order valence-corrected chi connectivity index (χ1v) is 12.9. The molecule has 36 heavy (non-hydrogen) atoms. The predicted molar refractivity (Wildman–Crippen MR) is 137 cm³/mol. The number of piperidine rings is 1. The van der Waals surface area contributed by atoms with Crippen LogP contribution in [0.4, 0.5) is 4.79 Å². The van der Waals surface area contributed by atoms with Crippen molar-refractivity contribution in [2.24, 2.45) is 0 Å². The molecule has 1 saturated heterocycles. The van der Waals surface area contributed by atoms with Gasteiger partial charge in [-0.1, -0.05) is 19.1 Å². The molecule has 10 heteroatoms. The van der Waals surface area contributed by atoms with Gasteiger partial charge in [-0.15, -0.1) is 11.3 Å². The maximum Gasteiger partial charge on any atom is 0.407 e. The van der Waals surface area contributed by atoms with Crippen LogP contribution in [-0.4, -0.2) is 55.9 Å². The van der Waals surface area contributed by atoms with Gasteiger partial charge in [-0.05, 0) is 43.9 Å². The zero-order chi connectivity index (χ0) is 25.2. The number of hydrogen-bond donors (Lipinski definition) is 1. The van der Waals surface area contributed by atoms with E-state index in [-0.39, 0.29) is 5.92 Å². The first-order valence-electron chi connectivity index (χ1n) is 12.1. The van der Waals surface area contributed by atoms with E-state index in [1.54, 1.807) is 18.4 Å². The lowest BCUT2D eigenvalue weighted by molar-refractivity contribution is 0.131. The van der Waals surface area contributed by atoms with E-state index in [0.29, 0.717) is 25.6 Å². The Bertz CT molecular complexity index is 1370. The van der Waals surface area contributed by atoms with Gasteiger partial charge in [0.2, 0.25) is 5.88 Å². The van der Waals surface area contributed by atoms with Gasteiger partial charge in [0.15, 0.2) is 5.65 Å². The highest BCUT2D eigenvalue weighted by molar-refractivity contribution is 7.15. The number of aryl methyl sites for hydroxylation is 2. The fraction of sp³-hybridized carbons (Fsp3) is 0.385. The molecule has 3 aromatic heterocycles. The molecule has 5 rings (SSSR count). The van der Waals surface area contributed by atoms with E-state index in [1.807, 2.05) is 48.0 Å². The topological polar surface area (TPSA) is 102 Å². The minimum atomic E-state index is -0.870. The van der Waals surface area contributed by atoms with Crippen molar-refractivity contribution in [1.29, 1.82) is 0 Å². The number of benzene rings is 1. The van der Waals surface area contributed by atoms with E-state index < -0.39 is 6.09 Å². The highest BCUT2D eigenvalue weighted by atomic mass is 32.1. The van der Waals surface area contributed by atoms with Gasteiger partial charge >= 0.3 is 6.09 Å². The molecule has 1 aromatic carbocycles. The van der Waals surface area contributed by atoms with Crippen LogP contribution in [0.3, 0.4) is 0 Å². The summed E-state index contributed by atoms with van der Waals surface area (Å²) < 4.78 is 13.3. The number of aromatic nitrogens is 4. The molecule has 0 unspecified atom stereocenters. The monoisotopic (exact) mass is 507 g/mol. The molecule has 1 N–H and O–H groups in total. The number of methoxy groups -OCH3 is 1. The molecule has 4 heterocycles. The van der Waals surface area contributed by atoms with Crippen LogP contribution in [0.15, 0.2) is 36.5 Å². The molecule has 1 amide bonds. The van der Waals surface area contributed by atoms with E-state index in [2.05, 4.69) is 6.92 Å². The zero-order valence-electron chi connectivity index (χ0n) is 20.6. The molecule has 9 nitrogen and oxygen atoms in total. The summed E-state index contributed by atoms with van der Waals surface area (Å²) in [4.78, 5) is 23.5. The lowest BCUT2D eigenvalue weighted by Crippen LogP contribution is -2.37. The van der Waals surface area contributed by atoms with Gasteiger partial charge in [0.05, 0.1) is 40.1 Å². The summed E-state index contributed by atoms with van der Waals surface area (Å²) in [5.74, 6) is 1.47. The smallest absolute Gasteiger partial charge is 0.407 e. The fourth-order valence-electron chi connectivity index (χ4n) is 4.59. The van der Waals surface area contributed by atoms with Gasteiger partial charge in [0.25, 0.3) is 0 Å². The van der Waals surface area contributed by atoms with Crippen LogP contribution in [0.1, 0.15) is 47.6 Å².